The van der Waals surface area contributed by atoms with E-state index in [-0.39, 0.29) is 5.41 Å². The van der Waals surface area contributed by atoms with Crippen LogP contribution < -0.4 is 16.6 Å². The molecule has 0 aromatic carbocycles. The molecule has 0 amide bonds. The predicted molar refractivity (Wildman–Crippen MR) is 79.0 cm³/mol. The zero-order valence-electron chi connectivity index (χ0n) is 12.4. The first-order valence-electron chi connectivity index (χ1n) is 6.92. The second-order valence-electron chi connectivity index (χ2n) is 6.87. The van der Waals surface area contributed by atoms with Crippen LogP contribution >= 0.6 is 0 Å². The maximum absolute atomic E-state index is 5.48. The summed E-state index contributed by atoms with van der Waals surface area (Å²) in [7, 11) is 0. The van der Waals surface area contributed by atoms with Crippen molar-refractivity contribution in [2.45, 2.75) is 52.4 Å². The van der Waals surface area contributed by atoms with Gasteiger partial charge in [-0.15, -0.1) is 0 Å². The number of anilines is 2. The van der Waals surface area contributed by atoms with Crippen molar-refractivity contribution in [1.29, 1.82) is 0 Å². The highest BCUT2D eigenvalue weighted by Gasteiger charge is 2.31. The molecule has 5 nitrogen and oxygen atoms in total. The van der Waals surface area contributed by atoms with Crippen LogP contribution in [0.25, 0.3) is 0 Å². The Bertz CT molecular complexity index is 446. The van der Waals surface area contributed by atoms with E-state index < -0.39 is 0 Å². The number of nitrogens with two attached hydrogens (primary N) is 1. The number of hydrogen-bond donors (Lipinski definition) is 3. The molecular weight excluding hydrogens is 238 g/mol. The molecule has 1 fully saturated rings. The van der Waals surface area contributed by atoms with Gasteiger partial charge in [0.1, 0.15) is 17.5 Å². The molecule has 4 N–H and O–H groups in total. The highest BCUT2D eigenvalue weighted by Crippen LogP contribution is 2.40. The topological polar surface area (TPSA) is 75.9 Å². The van der Waals surface area contributed by atoms with E-state index in [4.69, 9.17) is 5.84 Å². The van der Waals surface area contributed by atoms with Gasteiger partial charge >= 0.3 is 0 Å². The van der Waals surface area contributed by atoms with Gasteiger partial charge in [0.15, 0.2) is 0 Å². The summed E-state index contributed by atoms with van der Waals surface area (Å²) in [5.74, 6) is 7.78. The van der Waals surface area contributed by atoms with Crippen LogP contribution in [0.2, 0.25) is 0 Å². The highest BCUT2D eigenvalue weighted by molar-refractivity contribution is 5.47. The third-order valence-electron chi connectivity index (χ3n) is 3.80. The molecule has 1 saturated carbocycles. The van der Waals surface area contributed by atoms with Crippen LogP contribution in [0.5, 0.6) is 0 Å². The Kier molecular flexibility index (Phi) is 3.67. The number of hydrazine groups is 1. The molecule has 1 aromatic rings. The molecule has 0 bridgehead atoms. The van der Waals surface area contributed by atoms with Gasteiger partial charge in [0, 0.05) is 18.0 Å². The lowest BCUT2D eigenvalue weighted by molar-refractivity contribution is 0.180. The Labute approximate surface area is 115 Å². The number of hydrogen-bond acceptors (Lipinski definition) is 5. The van der Waals surface area contributed by atoms with Crippen molar-refractivity contribution in [1.82, 2.24) is 9.97 Å². The van der Waals surface area contributed by atoms with Gasteiger partial charge in [-0.05, 0) is 18.3 Å². The number of rotatable bonds is 4. The van der Waals surface area contributed by atoms with Gasteiger partial charge in [0.25, 0.3) is 0 Å². The van der Waals surface area contributed by atoms with Gasteiger partial charge in [0.05, 0.1) is 0 Å². The third kappa shape index (κ3) is 3.35. The standard InChI is InChI=1S/C14H25N5/c1-13(2,3)12-17-10(8-11(18-12)19-15)16-9-14(4)6-5-7-14/h8H,5-7,9,15H2,1-4H3,(H2,16,17,18,19). The van der Waals surface area contributed by atoms with Crippen LogP contribution in [0.15, 0.2) is 6.07 Å². The highest BCUT2D eigenvalue weighted by atomic mass is 15.3. The number of nitrogens with one attached hydrogen (secondary N) is 2. The maximum Gasteiger partial charge on any atom is 0.145 e. The van der Waals surface area contributed by atoms with E-state index in [1.807, 2.05) is 6.07 Å². The summed E-state index contributed by atoms with van der Waals surface area (Å²) < 4.78 is 0. The molecule has 19 heavy (non-hydrogen) atoms. The Balaban J connectivity index is 2.15. The monoisotopic (exact) mass is 263 g/mol. The van der Waals surface area contributed by atoms with Crippen molar-refractivity contribution in [3.8, 4) is 0 Å². The van der Waals surface area contributed by atoms with Crippen LogP contribution in [0.3, 0.4) is 0 Å². The molecule has 0 aliphatic heterocycles. The quantitative estimate of drug-likeness (QED) is 0.575. The first kappa shape index (κ1) is 14.1. The second kappa shape index (κ2) is 4.96. The van der Waals surface area contributed by atoms with Gasteiger partial charge in [-0.2, -0.15) is 0 Å². The lowest BCUT2D eigenvalue weighted by Gasteiger charge is -2.38. The summed E-state index contributed by atoms with van der Waals surface area (Å²) in [6, 6.07) is 1.86. The molecule has 1 aliphatic rings. The lowest BCUT2D eigenvalue weighted by Crippen LogP contribution is -2.33. The van der Waals surface area contributed by atoms with E-state index in [1.165, 1.54) is 19.3 Å². The molecule has 5 heteroatoms. The molecule has 1 aromatic heterocycles. The van der Waals surface area contributed by atoms with Gasteiger partial charge < -0.3 is 10.7 Å². The van der Waals surface area contributed by atoms with Crippen LogP contribution in [-0.4, -0.2) is 16.5 Å². The SMILES string of the molecule is CC1(CNc2cc(NN)nc(C(C)(C)C)n2)CCC1. The molecule has 1 aliphatic carbocycles. The maximum atomic E-state index is 5.48. The molecule has 1 heterocycles. The van der Waals surface area contributed by atoms with Gasteiger partial charge in [-0.1, -0.05) is 34.1 Å². The number of nitrogen functional groups attached to an aromatic ring is 1. The summed E-state index contributed by atoms with van der Waals surface area (Å²) in [6.07, 6.45) is 3.92. The molecule has 2 rings (SSSR count). The van der Waals surface area contributed by atoms with E-state index in [1.54, 1.807) is 0 Å². The molecule has 0 saturated heterocycles. The summed E-state index contributed by atoms with van der Waals surface area (Å²) in [5, 5.41) is 3.43. The van der Waals surface area contributed by atoms with E-state index >= 15 is 0 Å². The minimum atomic E-state index is -0.0936. The average molecular weight is 263 g/mol. The van der Waals surface area contributed by atoms with E-state index in [0.717, 1.165) is 18.2 Å². The van der Waals surface area contributed by atoms with Crippen LogP contribution in [0.1, 0.15) is 52.8 Å². The van der Waals surface area contributed by atoms with E-state index in [2.05, 4.69) is 48.4 Å². The summed E-state index contributed by atoms with van der Waals surface area (Å²) in [4.78, 5) is 9.01. The molecular formula is C14H25N5. The Morgan fingerprint density at radius 1 is 1.26 bits per heavy atom. The fourth-order valence-corrected chi connectivity index (χ4v) is 2.21. The van der Waals surface area contributed by atoms with Crippen molar-refractivity contribution >= 4 is 11.6 Å². The summed E-state index contributed by atoms with van der Waals surface area (Å²) in [5.41, 5.74) is 2.94. The van der Waals surface area contributed by atoms with Crippen LogP contribution in [0, 0.1) is 5.41 Å². The fraction of sp³-hybridized carbons (Fsp3) is 0.714. The minimum absolute atomic E-state index is 0.0936. The molecule has 106 valence electrons. The van der Waals surface area contributed by atoms with Gasteiger partial charge in [-0.3, -0.25) is 0 Å². The first-order valence-corrected chi connectivity index (χ1v) is 6.92. The molecule has 0 atom stereocenters. The summed E-state index contributed by atoms with van der Waals surface area (Å²) >= 11 is 0. The molecule has 0 radical (unpaired) electrons. The normalized spacial score (nSPS) is 17.7. The van der Waals surface area contributed by atoms with Crippen molar-refractivity contribution in [3.63, 3.8) is 0 Å². The van der Waals surface area contributed by atoms with Crippen molar-refractivity contribution in [2.24, 2.45) is 11.3 Å². The lowest BCUT2D eigenvalue weighted by atomic mass is 9.70. The summed E-state index contributed by atoms with van der Waals surface area (Å²) in [6.45, 7) is 9.56. The largest absolute Gasteiger partial charge is 0.369 e. The molecule has 0 spiro atoms. The van der Waals surface area contributed by atoms with E-state index in [9.17, 15) is 0 Å². The molecule has 0 unspecified atom stereocenters. The van der Waals surface area contributed by atoms with Crippen molar-refractivity contribution in [2.75, 3.05) is 17.3 Å². The second-order valence-corrected chi connectivity index (χ2v) is 6.87. The number of aromatic nitrogens is 2. The smallest absolute Gasteiger partial charge is 0.145 e. The fourth-order valence-electron chi connectivity index (χ4n) is 2.21. The average Bonchev–Trinajstić information content (AvgIpc) is 2.32. The Hall–Kier alpha value is -1.36. The Morgan fingerprint density at radius 3 is 2.37 bits per heavy atom. The van der Waals surface area contributed by atoms with Crippen LogP contribution in [0.4, 0.5) is 11.6 Å². The van der Waals surface area contributed by atoms with Crippen molar-refractivity contribution in [3.05, 3.63) is 11.9 Å². The number of nitrogens with zero attached hydrogens (tertiary/aromatic N) is 2. The van der Waals surface area contributed by atoms with E-state index in [0.29, 0.717) is 11.2 Å². The zero-order chi connectivity index (χ0) is 14.1. The van der Waals surface area contributed by atoms with Crippen LogP contribution in [-0.2, 0) is 5.41 Å². The Morgan fingerprint density at radius 2 is 1.89 bits per heavy atom. The first-order chi connectivity index (χ1) is 8.82. The predicted octanol–water partition coefficient (Wildman–Crippen LogP) is 2.66. The minimum Gasteiger partial charge on any atom is -0.369 e. The third-order valence-corrected chi connectivity index (χ3v) is 3.80. The van der Waals surface area contributed by atoms with Gasteiger partial charge in [-0.25, -0.2) is 15.8 Å². The van der Waals surface area contributed by atoms with Gasteiger partial charge in [0.2, 0.25) is 0 Å². The van der Waals surface area contributed by atoms with Crippen molar-refractivity contribution < 1.29 is 0 Å². The zero-order valence-corrected chi connectivity index (χ0v) is 12.4.